The van der Waals surface area contributed by atoms with Gasteiger partial charge in [-0.3, -0.25) is 0 Å². The van der Waals surface area contributed by atoms with Crippen molar-refractivity contribution < 1.29 is 9.53 Å². The highest BCUT2D eigenvalue weighted by atomic mass is 16.5. The number of hydrogen-bond donors (Lipinski definition) is 0. The first kappa shape index (κ1) is 15.6. The number of rotatable bonds is 3. The van der Waals surface area contributed by atoms with Crippen molar-refractivity contribution in [2.24, 2.45) is 0 Å². The fourth-order valence-corrected chi connectivity index (χ4v) is 3.69. The maximum atomic E-state index is 12.6. The molecule has 0 radical (unpaired) electrons. The van der Waals surface area contributed by atoms with E-state index in [1.54, 1.807) is 12.1 Å². The smallest absolute Gasteiger partial charge is 0.338 e. The molecule has 0 amide bonds. The molecule has 0 spiro atoms. The van der Waals surface area contributed by atoms with Crippen LogP contribution in [0.25, 0.3) is 0 Å². The molecule has 0 aromatic heterocycles. The summed E-state index contributed by atoms with van der Waals surface area (Å²) in [5.74, 6) is -0.162. The van der Waals surface area contributed by atoms with Crippen LogP contribution >= 0.6 is 0 Å². The molecule has 4 rings (SSSR count). The summed E-state index contributed by atoms with van der Waals surface area (Å²) in [7, 11) is 0. The average molecular weight is 328 g/mol. The van der Waals surface area contributed by atoms with Gasteiger partial charge in [-0.25, -0.2) is 4.79 Å². The number of carbonyl (C=O) groups is 1. The predicted octanol–water partition coefficient (Wildman–Crippen LogP) is 4.99. The molecule has 2 heteroatoms. The van der Waals surface area contributed by atoms with Crippen LogP contribution in [0.3, 0.4) is 0 Å². The maximum Gasteiger partial charge on any atom is 0.338 e. The summed E-state index contributed by atoms with van der Waals surface area (Å²) in [5, 5.41) is 0. The lowest BCUT2D eigenvalue weighted by molar-refractivity contribution is 0.0226. The van der Waals surface area contributed by atoms with Crippen molar-refractivity contribution in [3.63, 3.8) is 0 Å². The Hall–Kier alpha value is -2.87. The summed E-state index contributed by atoms with van der Waals surface area (Å²) in [6.45, 7) is 0. The predicted molar refractivity (Wildman–Crippen MR) is 98.7 cm³/mol. The molecule has 2 nitrogen and oxygen atoms in total. The first-order valence-electron chi connectivity index (χ1n) is 8.72. The highest BCUT2D eigenvalue weighted by Gasteiger charge is 2.33. The van der Waals surface area contributed by atoms with E-state index in [9.17, 15) is 4.79 Å². The number of fused-ring (bicyclic) bond motifs is 1. The van der Waals surface area contributed by atoms with Crippen LogP contribution in [-0.4, -0.2) is 12.1 Å². The Morgan fingerprint density at radius 3 is 2.20 bits per heavy atom. The Morgan fingerprint density at radius 1 is 0.800 bits per heavy atom. The van der Waals surface area contributed by atoms with Gasteiger partial charge in [0.15, 0.2) is 0 Å². The van der Waals surface area contributed by atoms with Crippen molar-refractivity contribution in [1.29, 1.82) is 0 Å². The molecule has 1 aliphatic carbocycles. The monoisotopic (exact) mass is 328 g/mol. The molecular weight excluding hydrogens is 308 g/mol. The van der Waals surface area contributed by atoms with Crippen molar-refractivity contribution in [3.05, 3.63) is 107 Å². The molecule has 0 bridgehead atoms. The van der Waals surface area contributed by atoms with Crippen LogP contribution in [0, 0.1) is 0 Å². The minimum absolute atomic E-state index is 0.0822. The van der Waals surface area contributed by atoms with Gasteiger partial charge < -0.3 is 4.74 Å². The SMILES string of the molecule is O=C(O[C@H]1CCc2ccccc2[C@H]1c1ccccc1)c1ccccc1. The van der Waals surface area contributed by atoms with Crippen LogP contribution < -0.4 is 0 Å². The third-order valence-corrected chi connectivity index (χ3v) is 4.89. The van der Waals surface area contributed by atoms with E-state index in [1.165, 1.54) is 16.7 Å². The lowest BCUT2D eigenvalue weighted by atomic mass is 9.77. The summed E-state index contributed by atoms with van der Waals surface area (Å²) in [6.07, 6.45) is 1.63. The van der Waals surface area contributed by atoms with Gasteiger partial charge in [0.1, 0.15) is 6.10 Å². The number of ether oxygens (including phenoxy) is 1. The number of benzene rings is 3. The Bertz CT molecular complexity index is 856. The summed E-state index contributed by atoms with van der Waals surface area (Å²) in [6, 6.07) is 28.1. The van der Waals surface area contributed by atoms with Gasteiger partial charge in [-0.1, -0.05) is 72.8 Å². The summed E-state index contributed by atoms with van der Waals surface area (Å²) >= 11 is 0. The second kappa shape index (κ2) is 6.94. The number of carbonyl (C=O) groups excluding carboxylic acids is 1. The zero-order chi connectivity index (χ0) is 17.1. The molecule has 25 heavy (non-hydrogen) atoms. The standard InChI is InChI=1S/C23H20O2/c24-23(19-12-5-2-6-13-19)25-21-16-15-17-9-7-8-14-20(17)22(21)18-10-3-1-4-11-18/h1-14,21-22H,15-16H2/t21-,22+/m0/s1. The van der Waals surface area contributed by atoms with E-state index in [-0.39, 0.29) is 18.0 Å². The van der Waals surface area contributed by atoms with Crippen LogP contribution in [0.4, 0.5) is 0 Å². The molecule has 0 heterocycles. The lowest BCUT2D eigenvalue weighted by Gasteiger charge is -2.33. The summed E-state index contributed by atoms with van der Waals surface area (Å²) in [5.41, 5.74) is 4.42. The average Bonchev–Trinajstić information content (AvgIpc) is 2.69. The van der Waals surface area contributed by atoms with Crippen LogP contribution in [0.1, 0.15) is 39.4 Å². The van der Waals surface area contributed by atoms with Gasteiger partial charge in [0.2, 0.25) is 0 Å². The molecule has 124 valence electrons. The minimum atomic E-state index is -0.245. The van der Waals surface area contributed by atoms with Gasteiger partial charge in [0.25, 0.3) is 0 Å². The van der Waals surface area contributed by atoms with Gasteiger partial charge in [-0.05, 0) is 41.7 Å². The molecule has 1 aliphatic rings. The first-order valence-corrected chi connectivity index (χ1v) is 8.72. The number of hydrogen-bond acceptors (Lipinski definition) is 2. The third kappa shape index (κ3) is 3.20. The van der Waals surface area contributed by atoms with Crippen molar-refractivity contribution >= 4 is 5.97 Å². The fraction of sp³-hybridized carbons (Fsp3) is 0.174. The number of aryl methyl sites for hydroxylation is 1. The first-order chi connectivity index (χ1) is 12.3. The Labute approximate surface area is 148 Å². The van der Waals surface area contributed by atoms with Gasteiger partial charge in [-0.15, -0.1) is 0 Å². The molecule has 0 N–H and O–H groups in total. The van der Waals surface area contributed by atoms with Gasteiger partial charge >= 0.3 is 5.97 Å². The van der Waals surface area contributed by atoms with E-state index in [0.717, 1.165) is 12.8 Å². The second-order valence-electron chi connectivity index (χ2n) is 6.44. The molecule has 0 fully saturated rings. The molecule has 0 unspecified atom stereocenters. The maximum absolute atomic E-state index is 12.6. The van der Waals surface area contributed by atoms with E-state index in [1.807, 2.05) is 36.4 Å². The van der Waals surface area contributed by atoms with E-state index >= 15 is 0 Å². The van der Waals surface area contributed by atoms with Gasteiger partial charge in [-0.2, -0.15) is 0 Å². The van der Waals surface area contributed by atoms with Crippen molar-refractivity contribution in [1.82, 2.24) is 0 Å². The zero-order valence-electron chi connectivity index (χ0n) is 14.0. The van der Waals surface area contributed by atoms with Gasteiger partial charge in [0, 0.05) is 5.92 Å². The van der Waals surface area contributed by atoms with Crippen molar-refractivity contribution in [2.75, 3.05) is 0 Å². The van der Waals surface area contributed by atoms with Crippen LogP contribution in [0.5, 0.6) is 0 Å². The molecule has 0 aliphatic heterocycles. The highest BCUT2D eigenvalue weighted by Crippen LogP contribution is 2.38. The largest absolute Gasteiger partial charge is 0.458 e. The minimum Gasteiger partial charge on any atom is -0.458 e. The molecule has 3 aromatic rings. The second-order valence-corrected chi connectivity index (χ2v) is 6.44. The van der Waals surface area contributed by atoms with Crippen LogP contribution in [-0.2, 0) is 11.2 Å². The van der Waals surface area contributed by atoms with Gasteiger partial charge in [0.05, 0.1) is 5.56 Å². The van der Waals surface area contributed by atoms with Crippen molar-refractivity contribution in [2.45, 2.75) is 24.9 Å². The fourth-order valence-electron chi connectivity index (χ4n) is 3.69. The Morgan fingerprint density at radius 2 is 1.44 bits per heavy atom. The summed E-state index contributed by atoms with van der Waals surface area (Å²) in [4.78, 5) is 12.6. The Balaban J connectivity index is 1.68. The quantitative estimate of drug-likeness (QED) is 0.633. The van der Waals surface area contributed by atoms with Crippen molar-refractivity contribution in [3.8, 4) is 0 Å². The molecular formula is C23H20O2. The highest BCUT2D eigenvalue weighted by molar-refractivity contribution is 5.89. The van der Waals surface area contributed by atoms with E-state index in [0.29, 0.717) is 5.56 Å². The van der Waals surface area contributed by atoms with E-state index in [2.05, 4.69) is 36.4 Å². The summed E-state index contributed by atoms with van der Waals surface area (Å²) < 4.78 is 5.96. The van der Waals surface area contributed by atoms with E-state index < -0.39 is 0 Å². The lowest BCUT2D eigenvalue weighted by Crippen LogP contribution is -2.31. The molecule has 3 aromatic carbocycles. The van der Waals surface area contributed by atoms with E-state index in [4.69, 9.17) is 4.74 Å². The Kier molecular flexibility index (Phi) is 4.34. The molecule has 2 atom stereocenters. The normalized spacial score (nSPS) is 19.0. The van der Waals surface area contributed by atoms with Crippen LogP contribution in [0.2, 0.25) is 0 Å². The van der Waals surface area contributed by atoms with Crippen LogP contribution in [0.15, 0.2) is 84.9 Å². The molecule has 0 saturated carbocycles. The zero-order valence-corrected chi connectivity index (χ0v) is 14.0. The number of esters is 1. The molecule has 0 saturated heterocycles. The topological polar surface area (TPSA) is 26.3 Å². The third-order valence-electron chi connectivity index (χ3n) is 4.89.